The average molecular weight is 266 g/mol. The monoisotopic (exact) mass is 266 g/mol. The molecule has 0 saturated carbocycles. The number of nitrogens with zero attached hydrogens (tertiary/aromatic N) is 3. The molecule has 5 heteroatoms. The minimum atomic E-state index is 0.115. The third-order valence-corrected chi connectivity index (χ3v) is 3.32. The smallest absolute Gasteiger partial charge is 0.0965 e. The summed E-state index contributed by atoms with van der Waals surface area (Å²) in [7, 11) is 0. The summed E-state index contributed by atoms with van der Waals surface area (Å²) in [5.74, 6) is 0. The molecule has 0 radical (unpaired) electrons. The van der Waals surface area contributed by atoms with E-state index in [1.54, 1.807) is 0 Å². The van der Waals surface area contributed by atoms with Crippen molar-refractivity contribution in [2.45, 2.75) is 71.2 Å². The Kier molecular flexibility index (Phi) is 4.93. The second-order valence-electron chi connectivity index (χ2n) is 6.35. The van der Waals surface area contributed by atoms with Gasteiger partial charge in [-0.05, 0) is 46.5 Å². The zero-order valence-electron chi connectivity index (χ0n) is 12.4. The number of hydrogen-bond acceptors (Lipinski definition) is 4. The fourth-order valence-corrected chi connectivity index (χ4v) is 2.24. The first-order chi connectivity index (χ1) is 9.03. The normalized spacial score (nSPS) is 20.1. The van der Waals surface area contributed by atoms with E-state index in [0.717, 1.165) is 38.2 Å². The molecular formula is C14H26N4O. The summed E-state index contributed by atoms with van der Waals surface area (Å²) in [6, 6.07) is 0. The molecule has 2 rings (SSSR count). The van der Waals surface area contributed by atoms with Crippen LogP contribution in [0.1, 0.15) is 52.1 Å². The van der Waals surface area contributed by atoms with E-state index < -0.39 is 0 Å². The van der Waals surface area contributed by atoms with Crippen molar-refractivity contribution in [3.63, 3.8) is 0 Å². The summed E-state index contributed by atoms with van der Waals surface area (Å²) in [6.45, 7) is 9.10. The number of nitrogens with one attached hydrogen (secondary N) is 1. The van der Waals surface area contributed by atoms with Gasteiger partial charge < -0.3 is 10.1 Å². The van der Waals surface area contributed by atoms with E-state index >= 15 is 0 Å². The molecule has 108 valence electrons. The maximum absolute atomic E-state index is 5.62. The van der Waals surface area contributed by atoms with Gasteiger partial charge in [0.05, 0.1) is 11.8 Å². The second-order valence-corrected chi connectivity index (χ2v) is 6.35. The molecule has 2 heterocycles. The van der Waals surface area contributed by atoms with Crippen LogP contribution in [0.4, 0.5) is 0 Å². The standard InChI is InChI=1S/C14H26N4O/c1-14(2,3)15-10-12-11-18(17-16-12)8-4-6-13-7-5-9-19-13/h11,13,15H,4-10H2,1-3H3. The van der Waals surface area contributed by atoms with E-state index in [1.165, 1.54) is 12.8 Å². The van der Waals surface area contributed by atoms with Crippen LogP contribution >= 0.6 is 0 Å². The Labute approximate surface area is 115 Å². The highest BCUT2D eigenvalue weighted by molar-refractivity contribution is 4.93. The van der Waals surface area contributed by atoms with E-state index in [4.69, 9.17) is 4.74 Å². The molecule has 0 spiro atoms. The minimum Gasteiger partial charge on any atom is -0.378 e. The molecule has 1 saturated heterocycles. The topological polar surface area (TPSA) is 52.0 Å². The summed E-state index contributed by atoms with van der Waals surface area (Å²) in [5, 5.41) is 11.8. The minimum absolute atomic E-state index is 0.115. The SMILES string of the molecule is CC(C)(C)NCc1cn(CCCC2CCCO2)nn1. The largest absolute Gasteiger partial charge is 0.378 e. The maximum atomic E-state index is 5.62. The quantitative estimate of drug-likeness (QED) is 0.857. The van der Waals surface area contributed by atoms with Crippen molar-refractivity contribution in [1.29, 1.82) is 0 Å². The van der Waals surface area contributed by atoms with Crippen molar-refractivity contribution in [2.24, 2.45) is 0 Å². The molecule has 1 atom stereocenters. The van der Waals surface area contributed by atoms with Crippen LogP contribution in [0.2, 0.25) is 0 Å². The highest BCUT2D eigenvalue weighted by Crippen LogP contribution is 2.17. The highest BCUT2D eigenvalue weighted by Gasteiger charge is 2.15. The van der Waals surface area contributed by atoms with Gasteiger partial charge in [-0.25, -0.2) is 0 Å². The Bertz CT molecular complexity index is 377. The van der Waals surface area contributed by atoms with Crippen molar-refractivity contribution >= 4 is 0 Å². The van der Waals surface area contributed by atoms with Gasteiger partial charge >= 0.3 is 0 Å². The van der Waals surface area contributed by atoms with E-state index in [2.05, 4.69) is 36.4 Å². The van der Waals surface area contributed by atoms with Gasteiger partial charge in [-0.1, -0.05) is 5.21 Å². The Hall–Kier alpha value is -0.940. The Morgan fingerprint density at radius 1 is 1.47 bits per heavy atom. The molecule has 0 aliphatic carbocycles. The van der Waals surface area contributed by atoms with E-state index in [-0.39, 0.29) is 5.54 Å². The van der Waals surface area contributed by atoms with Crippen molar-refractivity contribution in [2.75, 3.05) is 6.61 Å². The molecule has 1 aliphatic rings. The summed E-state index contributed by atoms with van der Waals surface area (Å²) in [5.41, 5.74) is 1.12. The van der Waals surface area contributed by atoms with Crippen molar-refractivity contribution < 1.29 is 4.74 Å². The first-order valence-corrected chi connectivity index (χ1v) is 7.28. The van der Waals surface area contributed by atoms with Gasteiger partial charge in [-0.3, -0.25) is 4.68 Å². The maximum Gasteiger partial charge on any atom is 0.0965 e. The molecule has 1 aromatic heterocycles. The van der Waals surface area contributed by atoms with Crippen LogP contribution in [0, 0.1) is 0 Å². The van der Waals surface area contributed by atoms with Gasteiger partial charge in [0.1, 0.15) is 0 Å². The number of rotatable bonds is 6. The lowest BCUT2D eigenvalue weighted by atomic mass is 10.1. The predicted molar refractivity (Wildman–Crippen MR) is 74.8 cm³/mol. The molecule has 0 amide bonds. The summed E-state index contributed by atoms with van der Waals surface area (Å²) in [6.07, 6.45) is 7.20. The average Bonchev–Trinajstić information content (AvgIpc) is 2.97. The number of ether oxygens (including phenoxy) is 1. The summed E-state index contributed by atoms with van der Waals surface area (Å²) in [4.78, 5) is 0. The fraction of sp³-hybridized carbons (Fsp3) is 0.857. The van der Waals surface area contributed by atoms with Crippen molar-refractivity contribution in [3.05, 3.63) is 11.9 Å². The first kappa shape index (κ1) is 14.5. The van der Waals surface area contributed by atoms with Gasteiger partial charge in [0.25, 0.3) is 0 Å². The number of aryl methyl sites for hydroxylation is 1. The van der Waals surface area contributed by atoms with Crippen LogP contribution in [-0.4, -0.2) is 33.2 Å². The molecule has 0 bridgehead atoms. The van der Waals surface area contributed by atoms with Gasteiger partial charge in [0.15, 0.2) is 0 Å². The van der Waals surface area contributed by atoms with Crippen LogP contribution in [0.25, 0.3) is 0 Å². The first-order valence-electron chi connectivity index (χ1n) is 7.28. The van der Waals surface area contributed by atoms with Gasteiger partial charge in [-0.15, -0.1) is 5.10 Å². The van der Waals surface area contributed by atoms with Crippen LogP contribution in [0.3, 0.4) is 0 Å². The fourth-order valence-electron chi connectivity index (χ4n) is 2.24. The lowest BCUT2D eigenvalue weighted by Gasteiger charge is -2.19. The number of hydrogen-bond donors (Lipinski definition) is 1. The third kappa shape index (κ3) is 5.28. The number of aromatic nitrogens is 3. The van der Waals surface area contributed by atoms with Crippen LogP contribution in [-0.2, 0) is 17.8 Å². The predicted octanol–water partition coefficient (Wildman–Crippen LogP) is 2.13. The molecule has 1 fully saturated rings. The Morgan fingerprint density at radius 3 is 3.00 bits per heavy atom. The van der Waals surface area contributed by atoms with E-state index in [1.807, 2.05) is 10.9 Å². The summed E-state index contributed by atoms with van der Waals surface area (Å²) < 4.78 is 7.56. The van der Waals surface area contributed by atoms with Gasteiger partial charge in [-0.2, -0.15) is 0 Å². The Balaban J connectivity index is 1.68. The van der Waals surface area contributed by atoms with Crippen molar-refractivity contribution in [3.8, 4) is 0 Å². The molecule has 19 heavy (non-hydrogen) atoms. The lowest BCUT2D eigenvalue weighted by Crippen LogP contribution is -2.35. The van der Waals surface area contributed by atoms with Gasteiger partial charge in [0, 0.05) is 31.4 Å². The molecule has 1 unspecified atom stereocenters. The molecule has 1 N–H and O–H groups in total. The van der Waals surface area contributed by atoms with Crippen LogP contribution in [0.15, 0.2) is 6.20 Å². The van der Waals surface area contributed by atoms with Crippen LogP contribution in [0.5, 0.6) is 0 Å². The second kappa shape index (κ2) is 6.48. The van der Waals surface area contributed by atoms with E-state index in [0.29, 0.717) is 6.10 Å². The third-order valence-electron chi connectivity index (χ3n) is 3.32. The van der Waals surface area contributed by atoms with Crippen molar-refractivity contribution in [1.82, 2.24) is 20.3 Å². The lowest BCUT2D eigenvalue weighted by molar-refractivity contribution is 0.101. The zero-order valence-corrected chi connectivity index (χ0v) is 12.4. The molecule has 1 aliphatic heterocycles. The van der Waals surface area contributed by atoms with Gasteiger partial charge in [0.2, 0.25) is 0 Å². The van der Waals surface area contributed by atoms with E-state index in [9.17, 15) is 0 Å². The highest BCUT2D eigenvalue weighted by atomic mass is 16.5. The zero-order chi connectivity index (χ0) is 13.7. The molecule has 1 aromatic rings. The van der Waals surface area contributed by atoms with Crippen LogP contribution < -0.4 is 5.32 Å². The molecule has 0 aromatic carbocycles. The Morgan fingerprint density at radius 2 is 2.32 bits per heavy atom. The summed E-state index contributed by atoms with van der Waals surface area (Å²) >= 11 is 0. The molecule has 5 nitrogen and oxygen atoms in total. The molecular weight excluding hydrogens is 240 g/mol.